The lowest BCUT2D eigenvalue weighted by atomic mass is 10.1. The first-order valence-electron chi connectivity index (χ1n) is 7.32. The van der Waals surface area contributed by atoms with Crippen LogP contribution in [0.15, 0.2) is 16.8 Å². The van der Waals surface area contributed by atoms with Gasteiger partial charge in [-0.05, 0) is 25.8 Å². The Kier molecular flexibility index (Phi) is 4.07. The fourth-order valence-electron chi connectivity index (χ4n) is 2.81. The molecule has 8 nitrogen and oxygen atoms in total. The molecule has 2 aromatic heterocycles. The maximum atomic E-state index is 12.6. The molecular weight excluding hydrogens is 320 g/mol. The Morgan fingerprint density at radius 2 is 2.26 bits per heavy atom. The minimum Gasteiger partial charge on any atom is -0.337 e. The van der Waals surface area contributed by atoms with Crippen molar-refractivity contribution in [1.29, 1.82) is 0 Å². The summed E-state index contributed by atoms with van der Waals surface area (Å²) in [4.78, 5) is 18.4. The summed E-state index contributed by atoms with van der Waals surface area (Å²) in [6.45, 7) is 2.74. The third-order valence-corrected chi connectivity index (χ3v) is 4.61. The highest BCUT2D eigenvalue weighted by atomic mass is 32.2. The van der Waals surface area contributed by atoms with Gasteiger partial charge < -0.3 is 9.42 Å². The SMILES string of the molecule is Cc1noc2ncc(C(=O)N3CCC[C@H](NS(C)(=O)=O)C3)cc12. The first-order chi connectivity index (χ1) is 10.8. The van der Waals surface area contributed by atoms with Gasteiger partial charge in [0.25, 0.3) is 11.6 Å². The Morgan fingerprint density at radius 1 is 1.48 bits per heavy atom. The van der Waals surface area contributed by atoms with Gasteiger partial charge in [-0.25, -0.2) is 18.1 Å². The van der Waals surface area contributed by atoms with Gasteiger partial charge in [0.05, 0.1) is 22.9 Å². The van der Waals surface area contributed by atoms with Gasteiger partial charge in [-0.2, -0.15) is 0 Å². The fraction of sp³-hybridized carbons (Fsp3) is 0.500. The Labute approximate surface area is 133 Å². The van der Waals surface area contributed by atoms with Crippen LogP contribution in [0.3, 0.4) is 0 Å². The number of rotatable bonds is 3. The molecule has 1 N–H and O–H groups in total. The van der Waals surface area contributed by atoms with Crippen molar-refractivity contribution in [2.24, 2.45) is 0 Å². The van der Waals surface area contributed by atoms with E-state index in [1.807, 2.05) is 0 Å². The molecule has 1 aliphatic heterocycles. The molecule has 0 unspecified atom stereocenters. The summed E-state index contributed by atoms with van der Waals surface area (Å²) in [6, 6.07) is 1.46. The predicted octanol–water partition coefficient (Wildman–Crippen LogP) is 0.685. The second-order valence-electron chi connectivity index (χ2n) is 5.83. The number of fused-ring (bicyclic) bond motifs is 1. The molecule has 23 heavy (non-hydrogen) atoms. The molecule has 0 saturated carbocycles. The molecule has 0 bridgehead atoms. The minimum absolute atomic E-state index is 0.167. The number of aryl methyl sites for hydroxylation is 1. The second-order valence-corrected chi connectivity index (χ2v) is 7.61. The van der Waals surface area contributed by atoms with E-state index < -0.39 is 10.0 Å². The first-order valence-corrected chi connectivity index (χ1v) is 9.21. The quantitative estimate of drug-likeness (QED) is 0.882. The summed E-state index contributed by atoms with van der Waals surface area (Å²) in [6.07, 6.45) is 4.06. The molecule has 0 aliphatic carbocycles. The van der Waals surface area contributed by atoms with Gasteiger partial charge in [-0.1, -0.05) is 5.16 Å². The molecular formula is C14H18N4O4S. The highest BCUT2D eigenvalue weighted by Crippen LogP contribution is 2.19. The van der Waals surface area contributed by atoms with Crippen LogP contribution in [0.1, 0.15) is 28.9 Å². The van der Waals surface area contributed by atoms with Crippen molar-refractivity contribution in [3.05, 3.63) is 23.5 Å². The molecule has 1 amide bonds. The van der Waals surface area contributed by atoms with E-state index in [1.54, 1.807) is 17.9 Å². The molecule has 9 heteroatoms. The highest BCUT2D eigenvalue weighted by molar-refractivity contribution is 7.88. The van der Waals surface area contributed by atoms with Crippen molar-refractivity contribution < 1.29 is 17.7 Å². The summed E-state index contributed by atoms with van der Waals surface area (Å²) in [7, 11) is -3.29. The second kappa shape index (κ2) is 5.89. The van der Waals surface area contributed by atoms with Gasteiger partial charge in [-0.3, -0.25) is 4.79 Å². The minimum atomic E-state index is -3.29. The number of hydrogen-bond donors (Lipinski definition) is 1. The monoisotopic (exact) mass is 338 g/mol. The average Bonchev–Trinajstić information content (AvgIpc) is 2.86. The lowest BCUT2D eigenvalue weighted by Gasteiger charge is -2.32. The third-order valence-electron chi connectivity index (χ3n) is 3.85. The molecule has 1 aliphatic rings. The maximum Gasteiger partial charge on any atom is 0.257 e. The van der Waals surface area contributed by atoms with E-state index in [2.05, 4.69) is 14.9 Å². The van der Waals surface area contributed by atoms with Crippen LogP contribution in [0, 0.1) is 6.92 Å². The number of carbonyl (C=O) groups is 1. The molecule has 1 atom stereocenters. The zero-order valence-electron chi connectivity index (χ0n) is 12.9. The molecule has 1 saturated heterocycles. The summed E-state index contributed by atoms with van der Waals surface area (Å²) in [5.41, 5.74) is 1.52. The average molecular weight is 338 g/mol. The number of carbonyl (C=O) groups excluding carboxylic acids is 1. The Hall–Kier alpha value is -2.00. The summed E-state index contributed by atoms with van der Waals surface area (Å²) in [5, 5.41) is 4.53. The number of amides is 1. The fourth-order valence-corrected chi connectivity index (χ4v) is 3.60. The van der Waals surface area contributed by atoms with Crippen LogP contribution in [0.5, 0.6) is 0 Å². The van der Waals surface area contributed by atoms with Gasteiger partial charge in [-0.15, -0.1) is 0 Å². The normalized spacial score (nSPS) is 19.2. The van der Waals surface area contributed by atoms with Gasteiger partial charge in [0, 0.05) is 25.3 Å². The van der Waals surface area contributed by atoms with Crippen LogP contribution in [0.25, 0.3) is 11.1 Å². The van der Waals surface area contributed by atoms with Crippen LogP contribution in [0.4, 0.5) is 0 Å². The lowest BCUT2D eigenvalue weighted by molar-refractivity contribution is 0.0703. The highest BCUT2D eigenvalue weighted by Gasteiger charge is 2.26. The number of piperidine rings is 1. The Morgan fingerprint density at radius 3 is 3.00 bits per heavy atom. The topological polar surface area (TPSA) is 105 Å². The Balaban J connectivity index is 1.79. The molecule has 0 radical (unpaired) electrons. The zero-order chi connectivity index (χ0) is 16.6. The molecule has 3 heterocycles. The third kappa shape index (κ3) is 3.50. The van der Waals surface area contributed by atoms with Crippen LogP contribution >= 0.6 is 0 Å². The predicted molar refractivity (Wildman–Crippen MR) is 83.4 cm³/mol. The van der Waals surface area contributed by atoms with E-state index in [4.69, 9.17) is 4.52 Å². The number of hydrogen-bond acceptors (Lipinski definition) is 6. The Bertz CT molecular complexity index is 846. The van der Waals surface area contributed by atoms with E-state index in [0.717, 1.165) is 19.1 Å². The van der Waals surface area contributed by atoms with Gasteiger partial charge in [0.1, 0.15) is 0 Å². The maximum absolute atomic E-state index is 12.6. The number of likely N-dealkylation sites (tertiary alicyclic amines) is 1. The van der Waals surface area contributed by atoms with Crippen molar-refractivity contribution in [2.45, 2.75) is 25.8 Å². The summed E-state index contributed by atoms with van der Waals surface area (Å²) < 4.78 is 30.3. The zero-order valence-corrected chi connectivity index (χ0v) is 13.8. The molecule has 3 rings (SSSR count). The summed E-state index contributed by atoms with van der Waals surface area (Å²) >= 11 is 0. The van der Waals surface area contributed by atoms with Crippen molar-refractivity contribution >= 4 is 27.0 Å². The molecule has 0 spiro atoms. The van der Waals surface area contributed by atoms with E-state index in [9.17, 15) is 13.2 Å². The molecule has 2 aromatic rings. The number of aromatic nitrogens is 2. The van der Waals surface area contributed by atoms with Gasteiger partial charge in [0.15, 0.2) is 0 Å². The van der Waals surface area contributed by atoms with Crippen LogP contribution < -0.4 is 4.72 Å². The van der Waals surface area contributed by atoms with E-state index >= 15 is 0 Å². The first kappa shape index (κ1) is 15.9. The smallest absolute Gasteiger partial charge is 0.257 e. The number of nitrogens with zero attached hydrogens (tertiary/aromatic N) is 3. The number of pyridine rings is 1. The van der Waals surface area contributed by atoms with Crippen molar-refractivity contribution in [3.63, 3.8) is 0 Å². The molecule has 124 valence electrons. The lowest BCUT2D eigenvalue weighted by Crippen LogP contribution is -2.49. The van der Waals surface area contributed by atoms with E-state index in [-0.39, 0.29) is 11.9 Å². The van der Waals surface area contributed by atoms with Crippen LogP contribution in [0.2, 0.25) is 0 Å². The standard InChI is InChI=1S/C14H18N4O4S/c1-9-12-6-10(7-15-13(12)22-16-9)14(19)18-5-3-4-11(8-18)17-23(2,20)21/h6-7,11,17H,3-5,8H2,1-2H3/t11-/m0/s1. The van der Waals surface area contributed by atoms with Crippen LogP contribution in [-0.2, 0) is 10.0 Å². The van der Waals surface area contributed by atoms with E-state index in [0.29, 0.717) is 35.4 Å². The number of nitrogens with one attached hydrogen (secondary N) is 1. The van der Waals surface area contributed by atoms with Gasteiger partial charge in [0.2, 0.25) is 10.0 Å². The largest absolute Gasteiger partial charge is 0.337 e. The van der Waals surface area contributed by atoms with Crippen molar-refractivity contribution in [1.82, 2.24) is 19.8 Å². The number of sulfonamides is 1. The van der Waals surface area contributed by atoms with Crippen molar-refractivity contribution in [3.8, 4) is 0 Å². The molecule has 1 fully saturated rings. The van der Waals surface area contributed by atoms with E-state index in [1.165, 1.54) is 6.20 Å². The van der Waals surface area contributed by atoms with Crippen LogP contribution in [-0.4, -0.2) is 54.8 Å². The summed E-state index contributed by atoms with van der Waals surface area (Å²) in [5.74, 6) is -0.167. The van der Waals surface area contributed by atoms with Crippen molar-refractivity contribution in [2.75, 3.05) is 19.3 Å². The molecule has 0 aromatic carbocycles. The van der Waals surface area contributed by atoms with Gasteiger partial charge >= 0.3 is 0 Å².